The van der Waals surface area contributed by atoms with E-state index in [2.05, 4.69) is 10.6 Å². The van der Waals surface area contributed by atoms with E-state index in [1.807, 2.05) is 0 Å². The minimum Gasteiger partial charge on any atom is -0.322 e. The highest BCUT2D eigenvalue weighted by Gasteiger charge is 2.30. The maximum absolute atomic E-state index is 12.9. The second kappa shape index (κ2) is 9.09. The Bertz CT molecular complexity index is 1230. The van der Waals surface area contributed by atoms with Crippen LogP contribution in [0.1, 0.15) is 38.8 Å². The number of carbonyl (C=O) groups is 2. The molecule has 0 bridgehead atoms. The Kier molecular flexibility index (Phi) is 6.47. The van der Waals surface area contributed by atoms with E-state index in [4.69, 9.17) is 0 Å². The Morgan fingerprint density at radius 1 is 0.938 bits per heavy atom. The van der Waals surface area contributed by atoms with E-state index in [0.717, 1.165) is 12.1 Å². The van der Waals surface area contributed by atoms with E-state index in [1.165, 1.54) is 47.2 Å². The van der Waals surface area contributed by atoms with Crippen molar-refractivity contribution in [3.8, 4) is 0 Å². The summed E-state index contributed by atoms with van der Waals surface area (Å²) in [6.07, 6.45) is -3.01. The van der Waals surface area contributed by atoms with E-state index in [0.29, 0.717) is 17.8 Å². The Morgan fingerprint density at radius 2 is 1.62 bits per heavy atom. The maximum atomic E-state index is 12.9. The number of rotatable bonds is 5. The molecule has 0 aliphatic rings. The van der Waals surface area contributed by atoms with Gasteiger partial charge in [0.2, 0.25) is 0 Å². The summed E-state index contributed by atoms with van der Waals surface area (Å²) in [6, 6.07) is 11.6. The zero-order valence-electron chi connectivity index (χ0n) is 17.3. The highest BCUT2D eigenvalue weighted by Crippen LogP contribution is 2.30. The summed E-state index contributed by atoms with van der Waals surface area (Å²) < 4.78 is 40.1. The van der Waals surface area contributed by atoms with Gasteiger partial charge in [-0.2, -0.15) is 13.2 Å². The summed E-state index contributed by atoms with van der Waals surface area (Å²) in [7, 11) is 0. The molecular formula is C23H20F3N3O3. The third kappa shape index (κ3) is 5.23. The first-order valence-electron chi connectivity index (χ1n) is 9.69. The molecule has 3 aromatic rings. The molecule has 9 heteroatoms. The molecule has 0 saturated carbocycles. The van der Waals surface area contributed by atoms with E-state index >= 15 is 0 Å². The van der Waals surface area contributed by atoms with Crippen LogP contribution in [0, 0.1) is 6.92 Å². The molecule has 0 atom stereocenters. The van der Waals surface area contributed by atoms with Crippen molar-refractivity contribution in [2.24, 2.45) is 0 Å². The molecule has 1 heterocycles. The number of amides is 2. The first-order chi connectivity index (χ1) is 15.1. The van der Waals surface area contributed by atoms with Gasteiger partial charge in [0.25, 0.3) is 17.4 Å². The van der Waals surface area contributed by atoms with Crippen molar-refractivity contribution >= 4 is 23.2 Å². The van der Waals surface area contributed by atoms with Crippen LogP contribution in [-0.4, -0.2) is 16.4 Å². The third-order valence-corrected chi connectivity index (χ3v) is 4.79. The van der Waals surface area contributed by atoms with Crippen molar-refractivity contribution in [3.63, 3.8) is 0 Å². The smallest absolute Gasteiger partial charge is 0.322 e. The monoisotopic (exact) mass is 443 g/mol. The van der Waals surface area contributed by atoms with Gasteiger partial charge in [-0.15, -0.1) is 0 Å². The Labute approximate surface area is 181 Å². The SMILES string of the molecule is CCn1ccc(C(=O)Nc2cc(C(=O)Nc3cccc(C(F)(F)F)c3)ccc2C)cc1=O. The molecule has 3 rings (SSSR count). The van der Waals surface area contributed by atoms with Crippen molar-refractivity contribution in [1.29, 1.82) is 0 Å². The van der Waals surface area contributed by atoms with Gasteiger partial charge in [0.05, 0.1) is 5.56 Å². The highest BCUT2D eigenvalue weighted by molar-refractivity contribution is 6.07. The summed E-state index contributed by atoms with van der Waals surface area (Å²) in [4.78, 5) is 37.1. The average Bonchev–Trinajstić information content (AvgIpc) is 2.74. The van der Waals surface area contributed by atoms with Gasteiger partial charge in [-0.3, -0.25) is 14.4 Å². The number of hydrogen-bond donors (Lipinski definition) is 2. The lowest BCUT2D eigenvalue weighted by atomic mass is 10.1. The van der Waals surface area contributed by atoms with Gasteiger partial charge < -0.3 is 15.2 Å². The van der Waals surface area contributed by atoms with E-state index in [-0.39, 0.29) is 22.4 Å². The third-order valence-electron chi connectivity index (χ3n) is 4.79. The molecule has 32 heavy (non-hydrogen) atoms. The molecule has 0 aliphatic heterocycles. The van der Waals surface area contributed by atoms with E-state index in [9.17, 15) is 27.6 Å². The summed E-state index contributed by atoms with van der Waals surface area (Å²) in [6.45, 7) is 4.00. The summed E-state index contributed by atoms with van der Waals surface area (Å²) in [5.41, 5.74) is 0.112. The van der Waals surface area contributed by atoms with Crippen LogP contribution in [0.2, 0.25) is 0 Å². The van der Waals surface area contributed by atoms with Crippen LogP contribution in [0.4, 0.5) is 24.5 Å². The molecule has 1 aromatic heterocycles. The first kappa shape index (κ1) is 22.8. The van der Waals surface area contributed by atoms with E-state index in [1.54, 1.807) is 19.9 Å². The number of aryl methyl sites for hydroxylation is 2. The van der Waals surface area contributed by atoms with Gasteiger partial charge in [-0.25, -0.2) is 0 Å². The number of pyridine rings is 1. The van der Waals surface area contributed by atoms with Gasteiger partial charge in [-0.1, -0.05) is 12.1 Å². The van der Waals surface area contributed by atoms with Gasteiger partial charge in [0.15, 0.2) is 0 Å². The highest BCUT2D eigenvalue weighted by atomic mass is 19.4. The van der Waals surface area contributed by atoms with Crippen LogP contribution in [0.3, 0.4) is 0 Å². The van der Waals surface area contributed by atoms with Gasteiger partial charge >= 0.3 is 6.18 Å². The molecule has 2 amide bonds. The predicted molar refractivity (Wildman–Crippen MR) is 115 cm³/mol. The van der Waals surface area contributed by atoms with Crippen LogP contribution < -0.4 is 16.2 Å². The Balaban J connectivity index is 1.79. The molecule has 2 N–H and O–H groups in total. The number of benzene rings is 2. The lowest BCUT2D eigenvalue weighted by molar-refractivity contribution is -0.137. The minimum absolute atomic E-state index is 0.00697. The molecule has 0 radical (unpaired) electrons. The number of anilines is 2. The Hall–Kier alpha value is -3.88. The molecule has 2 aromatic carbocycles. The van der Waals surface area contributed by atoms with Crippen molar-refractivity contribution in [2.75, 3.05) is 10.6 Å². The lowest BCUT2D eigenvalue weighted by Crippen LogP contribution is -2.22. The number of halogens is 3. The van der Waals surface area contributed by atoms with Crippen LogP contribution in [0.5, 0.6) is 0 Å². The second-order valence-corrected chi connectivity index (χ2v) is 7.06. The number of alkyl halides is 3. The largest absolute Gasteiger partial charge is 0.416 e. The molecule has 0 unspecified atom stereocenters. The van der Waals surface area contributed by atoms with Crippen molar-refractivity contribution in [3.05, 3.63) is 93.4 Å². The Morgan fingerprint density at radius 3 is 2.28 bits per heavy atom. The topological polar surface area (TPSA) is 80.2 Å². The van der Waals surface area contributed by atoms with E-state index < -0.39 is 23.6 Å². The molecule has 0 fully saturated rings. The quantitative estimate of drug-likeness (QED) is 0.600. The zero-order valence-corrected chi connectivity index (χ0v) is 17.3. The van der Waals surface area contributed by atoms with Gasteiger partial charge in [0, 0.05) is 41.3 Å². The number of nitrogens with zero attached hydrogens (tertiary/aromatic N) is 1. The predicted octanol–water partition coefficient (Wildman–Crippen LogP) is 4.70. The zero-order chi connectivity index (χ0) is 23.5. The molecule has 0 saturated heterocycles. The maximum Gasteiger partial charge on any atom is 0.416 e. The fourth-order valence-electron chi connectivity index (χ4n) is 2.98. The fourth-order valence-corrected chi connectivity index (χ4v) is 2.98. The molecule has 0 spiro atoms. The number of carbonyl (C=O) groups excluding carboxylic acids is 2. The van der Waals surface area contributed by atoms with Crippen molar-refractivity contribution in [1.82, 2.24) is 4.57 Å². The minimum atomic E-state index is -4.53. The van der Waals surface area contributed by atoms with Crippen molar-refractivity contribution in [2.45, 2.75) is 26.6 Å². The summed E-state index contributed by atoms with van der Waals surface area (Å²) in [5, 5.41) is 5.09. The number of aromatic nitrogens is 1. The van der Waals surface area contributed by atoms with Crippen LogP contribution in [-0.2, 0) is 12.7 Å². The molecule has 0 aliphatic carbocycles. The summed E-state index contributed by atoms with van der Waals surface area (Å²) in [5.74, 6) is -1.16. The first-order valence-corrected chi connectivity index (χ1v) is 9.69. The van der Waals surface area contributed by atoms with Gasteiger partial charge in [-0.05, 0) is 55.8 Å². The lowest BCUT2D eigenvalue weighted by Gasteiger charge is -2.12. The molecular weight excluding hydrogens is 423 g/mol. The van der Waals surface area contributed by atoms with Crippen LogP contribution in [0.15, 0.2) is 65.6 Å². The number of nitrogens with one attached hydrogen (secondary N) is 2. The van der Waals surface area contributed by atoms with Crippen LogP contribution in [0.25, 0.3) is 0 Å². The molecule has 6 nitrogen and oxygen atoms in total. The molecule has 166 valence electrons. The second-order valence-electron chi connectivity index (χ2n) is 7.06. The van der Waals surface area contributed by atoms with Crippen LogP contribution >= 0.6 is 0 Å². The van der Waals surface area contributed by atoms with Gasteiger partial charge in [0.1, 0.15) is 0 Å². The standard InChI is InChI=1S/C23H20F3N3O3/c1-3-29-10-9-16(12-20(29)30)22(32)28-19-11-15(8-7-14(19)2)21(31)27-18-6-4-5-17(13-18)23(24,25)26/h4-13H,3H2,1-2H3,(H,27,31)(H,28,32). The average molecular weight is 443 g/mol. The fraction of sp³-hybridized carbons (Fsp3) is 0.174. The van der Waals surface area contributed by atoms with Crippen molar-refractivity contribution < 1.29 is 22.8 Å². The number of hydrogen-bond acceptors (Lipinski definition) is 3. The summed E-state index contributed by atoms with van der Waals surface area (Å²) >= 11 is 0. The normalized spacial score (nSPS) is 11.2.